The first-order chi connectivity index (χ1) is 19.0. The molecule has 1 aliphatic heterocycles. The Balaban J connectivity index is 1.28. The molecule has 7 nitrogen and oxygen atoms in total. The number of nitrogens with one attached hydrogen (secondary N) is 2. The van der Waals surface area contributed by atoms with Crippen LogP contribution >= 0.6 is 0 Å². The summed E-state index contributed by atoms with van der Waals surface area (Å²) >= 11 is 0. The SMILES string of the molecule is Cn1c(Nc2ccc(C(F)(F)C(F)(F)F)cc2)nc2cc(Oc3ccnc(CC(=O)C4CCNCC4)c3)ccc21. The third kappa shape index (κ3) is 5.76. The third-order valence-corrected chi connectivity index (χ3v) is 6.89. The van der Waals surface area contributed by atoms with Gasteiger partial charge in [-0.1, -0.05) is 12.1 Å². The molecule has 1 saturated heterocycles. The second-order valence-electron chi connectivity index (χ2n) is 9.67. The largest absolute Gasteiger partial charge is 0.458 e. The van der Waals surface area contributed by atoms with Crippen LogP contribution in [0.5, 0.6) is 11.5 Å². The minimum absolute atomic E-state index is 0.0424. The van der Waals surface area contributed by atoms with Gasteiger partial charge in [-0.25, -0.2) is 4.98 Å². The van der Waals surface area contributed by atoms with Crippen molar-refractivity contribution < 1.29 is 31.5 Å². The fourth-order valence-electron chi connectivity index (χ4n) is 4.63. The molecule has 3 heterocycles. The van der Waals surface area contributed by atoms with Crippen molar-refractivity contribution in [1.82, 2.24) is 19.9 Å². The van der Waals surface area contributed by atoms with E-state index in [1.807, 2.05) is 0 Å². The maximum atomic E-state index is 13.6. The third-order valence-electron chi connectivity index (χ3n) is 6.89. The molecular formula is C28H26F5N5O2. The van der Waals surface area contributed by atoms with Crippen LogP contribution in [0.2, 0.25) is 0 Å². The molecule has 2 aromatic carbocycles. The number of halogens is 5. The fourth-order valence-corrected chi connectivity index (χ4v) is 4.63. The van der Waals surface area contributed by atoms with Crippen LogP contribution in [0, 0.1) is 5.92 Å². The van der Waals surface area contributed by atoms with Crippen molar-refractivity contribution in [2.75, 3.05) is 18.4 Å². The molecule has 2 aromatic heterocycles. The second kappa shape index (κ2) is 10.8. The quantitative estimate of drug-likeness (QED) is 0.248. The number of rotatable bonds is 8. The van der Waals surface area contributed by atoms with Gasteiger partial charge in [0.05, 0.1) is 16.7 Å². The second-order valence-corrected chi connectivity index (χ2v) is 9.67. The number of benzene rings is 2. The highest BCUT2D eigenvalue weighted by atomic mass is 19.4. The van der Waals surface area contributed by atoms with Crippen LogP contribution in [0.1, 0.15) is 24.1 Å². The topological polar surface area (TPSA) is 81.1 Å². The number of Topliss-reactive ketones (excluding diaryl/α,β-unsaturated/α-hetero) is 1. The Morgan fingerprint density at radius 3 is 2.42 bits per heavy atom. The summed E-state index contributed by atoms with van der Waals surface area (Å²) in [6.07, 6.45) is -2.19. The molecule has 0 atom stereocenters. The Morgan fingerprint density at radius 2 is 1.73 bits per heavy atom. The minimum Gasteiger partial charge on any atom is -0.457 e. The number of carbonyl (C=O) groups excluding carboxylic acids is 1. The zero-order valence-corrected chi connectivity index (χ0v) is 21.4. The first kappa shape index (κ1) is 27.5. The summed E-state index contributed by atoms with van der Waals surface area (Å²) in [5, 5.41) is 6.19. The van der Waals surface area contributed by atoms with Gasteiger partial charge in [-0.2, -0.15) is 22.0 Å². The Morgan fingerprint density at radius 1 is 1.02 bits per heavy atom. The number of piperidine rings is 1. The van der Waals surface area contributed by atoms with Gasteiger partial charge < -0.3 is 19.9 Å². The number of aryl methyl sites for hydroxylation is 1. The summed E-state index contributed by atoms with van der Waals surface area (Å²) in [4.78, 5) is 21.5. The number of ketones is 1. The molecule has 5 rings (SSSR count). The van der Waals surface area contributed by atoms with Crippen molar-refractivity contribution in [3.63, 3.8) is 0 Å². The Hall–Kier alpha value is -4.06. The number of aromatic nitrogens is 3. The van der Waals surface area contributed by atoms with Crippen LogP contribution in [0.25, 0.3) is 11.0 Å². The molecule has 0 bridgehead atoms. The lowest BCUT2D eigenvalue weighted by Crippen LogP contribution is -2.33. The molecule has 0 saturated carbocycles. The summed E-state index contributed by atoms with van der Waals surface area (Å²) < 4.78 is 72.8. The molecular weight excluding hydrogens is 533 g/mol. The summed E-state index contributed by atoms with van der Waals surface area (Å²) in [6.45, 7) is 1.68. The van der Waals surface area contributed by atoms with E-state index in [1.165, 1.54) is 0 Å². The monoisotopic (exact) mass is 559 g/mol. The summed E-state index contributed by atoms with van der Waals surface area (Å²) in [6, 6.07) is 12.4. The minimum atomic E-state index is -5.68. The highest BCUT2D eigenvalue weighted by Crippen LogP contribution is 2.44. The standard InChI is InChI=1S/C28H26F5N5O2/c1-38-24-7-6-21(40-22-10-13-35-20(14-22)15-25(39)17-8-11-34-12-9-17)16-23(24)37-26(38)36-19-4-2-18(3-5-19)27(29,30)28(31,32)33/h2-7,10,13-14,16-17,34H,8-9,11-12,15H2,1H3,(H,36,37). The summed E-state index contributed by atoms with van der Waals surface area (Å²) in [7, 11) is 1.74. The van der Waals surface area contributed by atoms with Gasteiger partial charge in [-0.3, -0.25) is 9.78 Å². The molecule has 4 aromatic rings. The lowest BCUT2D eigenvalue weighted by atomic mass is 9.91. The van der Waals surface area contributed by atoms with Crippen LogP contribution < -0.4 is 15.4 Å². The number of alkyl halides is 5. The molecule has 2 N–H and O–H groups in total. The number of nitrogens with zero attached hydrogens (tertiary/aromatic N) is 3. The van der Waals surface area contributed by atoms with Gasteiger partial charge in [0.2, 0.25) is 5.95 Å². The van der Waals surface area contributed by atoms with Crippen molar-refractivity contribution >= 4 is 28.5 Å². The average molecular weight is 560 g/mol. The maximum absolute atomic E-state index is 13.6. The number of fused-ring (bicyclic) bond motifs is 1. The van der Waals surface area contributed by atoms with Crippen molar-refractivity contribution in [1.29, 1.82) is 0 Å². The first-order valence-electron chi connectivity index (χ1n) is 12.7. The van der Waals surface area contributed by atoms with Crippen LogP contribution in [0.4, 0.5) is 33.6 Å². The van der Waals surface area contributed by atoms with Crippen molar-refractivity contribution in [3.8, 4) is 11.5 Å². The Kier molecular flexibility index (Phi) is 7.45. The van der Waals surface area contributed by atoms with Crippen molar-refractivity contribution in [3.05, 3.63) is 72.1 Å². The molecule has 1 aliphatic rings. The lowest BCUT2D eigenvalue weighted by molar-refractivity contribution is -0.289. The molecule has 12 heteroatoms. The summed E-state index contributed by atoms with van der Waals surface area (Å²) in [5.41, 5.74) is 1.08. The predicted molar refractivity (Wildman–Crippen MR) is 139 cm³/mol. The molecule has 0 radical (unpaired) electrons. The number of pyridine rings is 1. The maximum Gasteiger partial charge on any atom is 0.458 e. The van der Waals surface area contributed by atoms with Gasteiger partial charge in [-0.15, -0.1) is 0 Å². The zero-order chi connectivity index (χ0) is 28.5. The zero-order valence-electron chi connectivity index (χ0n) is 21.4. The predicted octanol–water partition coefficient (Wildman–Crippen LogP) is 6.27. The number of ether oxygens (including phenoxy) is 1. The normalized spacial score (nSPS) is 14.8. The smallest absolute Gasteiger partial charge is 0.457 e. The van der Waals surface area contributed by atoms with Gasteiger partial charge in [0.25, 0.3) is 0 Å². The van der Waals surface area contributed by atoms with Gasteiger partial charge >= 0.3 is 12.1 Å². The van der Waals surface area contributed by atoms with Gasteiger partial charge in [0.15, 0.2) is 0 Å². The Labute approximate surface area is 226 Å². The molecule has 40 heavy (non-hydrogen) atoms. The van der Waals surface area contributed by atoms with Crippen molar-refractivity contribution in [2.24, 2.45) is 13.0 Å². The van der Waals surface area contributed by atoms with Crippen LogP contribution in [0.3, 0.4) is 0 Å². The van der Waals surface area contributed by atoms with E-state index in [-0.39, 0.29) is 18.1 Å². The van der Waals surface area contributed by atoms with Gasteiger partial charge in [-0.05, 0) is 56.3 Å². The molecule has 0 unspecified atom stereocenters. The van der Waals surface area contributed by atoms with E-state index in [1.54, 1.807) is 48.1 Å². The van der Waals surface area contributed by atoms with E-state index < -0.39 is 17.7 Å². The average Bonchev–Trinajstić information content (AvgIpc) is 3.23. The van der Waals surface area contributed by atoms with E-state index in [0.717, 1.165) is 55.7 Å². The van der Waals surface area contributed by atoms with Crippen molar-refractivity contribution in [2.45, 2.75) is 31.4 Å². The van der Waals surface area contributed by atoms with Crippen LogP contribution in [-0.2, 0) is 24.2 Å². The van der Waals surface area contributed by atoms with Crippen LogP contribution in [-0.4, -0.2) is 39.6 Å². The first-order valence-corrected chi connectivity index (χ1v) is 12.7. The molecule has 0 spiro atoms. The Bertz CT molecular complexity index is 1510. The fraction of sp³-hybridized carbons (Fsp3) is 0.321. The number of imidazole rings is 1. The summed E-state index contributed by atoms with van der Waals surface area (Å²) in [5.74, 6) is -3.36. The van der Waals surface area contributed by atoms with Gasteiger partial charge in [0, 0.05) is 49.0 Å². The number of anilines is 2. The van der Waals surface area contributed by atoms with E-state index in [9.17, 15) is 26.7 Å². The lowest BCUT2D eigenvalue weighted by Gasteiger charge is -2.21. The molecule has 210 valence electrons. The van der Waals surface area contributed by atoms with E-state index >= 15 is 0 Å². The van der Waals surface area contributed by atoms with Crippen LogP contribution in [0.15, 0.2) is 60.8 Å². The van der Waals surface area contributed by atoms with E-state index in [2.05, 4.69) is 20.6 Å². The highest BCUT2D eigenvalue weighted by molar-refractivity contribution is 5.83. The molecule has 1 fully saturated rings. The molecule has 0 amide bonds. The van der Waals surface area contributed by atoms with Gasteiger partial charge in [0.1, 0.15) is 17.3 Å². The number of carbonyl (C=O) groups is 1. The number of hydrogen-bond donors (Lipinski definition) is 2. The number of hydrogen-bond acceptors (Lipinski definition) is 6. The van der Waals surface area contributed by atoms with E-state index in [4.69, 9.17) is 4.74 Å². The highest BCUT2D eigenvalue weighted by Gasteiger charge is 2.58. The molecule has 0 aliphatic carbocycles. The van der Waals surface area contributed by atoms with E-state index in [0.29, 0.717) is 34.3 Å².